The zero-order valence-electron chi connectivity index (χ0n) is 38.1. The number of amides is 1. The minimum absolute atomic E-state index is 0.132. The maximum Gasteiger partial charge on any atom is 0.220 e. The van der Waals surface area contributed by atoms with Crippen molar-refractivity contribution >= 4 is 5.91 Å². The summed E-state index contributed by atoms with van der Waals surface area (Å²) in [6.45, 7) is 3.86. The molecule has 7 unspecified atom stereocenters. The Labute approximate surface area is 357 Å². The summed E-state index contributed by atoms with van der Waals surface area (Å²) < 4.78 is 11.3. The van der Waals surface area contributed by atoms with Gasteiger partial charge in [-0.25, -0.2) is 0 Å². The molecular formula is C49H97NO8. The van der Waals surface area contributed by atoms with Gasteiger partial charge in [-0.2, -0.15) is 0 Å². The van der Waals surface area contributed by atoms with Gasteiger partial charge >= 0.3 is 0 Å². The molecule has 0 aromatic carbocycles. The average molecular weight is 828 g/mol. The molecule has 0 saturated carbocycles. The fourth-order valence-electron chi connectivity index (χ4n) is 8.40. The Hall–Kier alpha value is -0.810. The lowest BCUT2D eigenvalue weighted by Crippen LogP contribution is -2.60. The first-order valence-electron chi connectivity index (χ1n) is 25.2. The smallest absolute Gasteiger partial charge is 0.220 e. The van der Waals surface area contributed by atoms with Gasteiger partial charge in [0.25, 0.3) is 0 Å². The van der Waals surface area contributed by atoms with Gasteiger partial charge in [0, 0.05) is 6.42 Å². The highest BCUT2D eigenvalue weighted by Crippen LogP contribution is 2.23. The largest absolute Gasteiger partial charge is 0.394 e. The van der Waals surface area contributed by atoms with E-state index in [-0.39, 0.29) is 12.5 Å². The highest BCUT2D eigenvalue weighted by molar-refractivity contribution is 5.76. The van der Waals surface area contributed by atoms with Gasteiger partial charge in [0.1, 0.15) is 24.4 Å². The van der Waals surface area contributed by atoms with Gasteiger partial charge in [0.05, 0.1) is 25.4 Å². The molecule has 1 aliphatic heterocycles. The van der Waals surface area contributed by atoms with Crippen LogP contribution in [0, 0.1) is 0 Å². The molecule has 1 fully saturated rings. The molecule has 0 bridgehead atoms. The number of aliphatic hydroxyl groups excluding tert-OH is 5. The summed E-state index contributed by atoms with van der Waals surface area (Å²) >= 11 is 0. The third-order valence-electron chi connectivity index (χ3n) is 12.5. The summed E-state index contributed by atoms with van der Waals surface area (Å²) in [7, 11) is 0. The fraction of sp³-hybridized carbons (Fsp3) is 0.980. The van der Waals surface area contributed by atoms with Gasteiger partial charge in [0.2, 0.25) is 5.91 Å². The molecule has 1 aliphatic rings. The lowest BCUT2D eigenvalue weighted by molar-refractivity contribution is -0.302. The Morgan fingerprint density at radius 2 is 0.862 bits per heavy atom. The number of unbranched alkanes of at least 4 members (excludes halogenated alkanes) is 33. The molecular weight excluding hydrogens is 731 g/mol. The number of hydrogen-bond acceptors (Lipinski definition) is 8. The Morgan fingerprint density at radius 1 is 0.517 bits per heavy atom. The van der Waals surface area contributed by atoms with Crippen molar-refractivity contribution in [1.29, 1.82) is 0 Å². The van der Waals surface area contributed by atoms with Crippen molar-refractivity contribution in [2.24, 2.45) is 0 Å². The van der Waals surface area contributed by atoms with Crippen LogP contribution in [0.15, 0.2) is 0 Å². The van der Waals surface area contributed by atoms with Crippen LogP contribution in [0.3, 0.4) is 0 Å². The molecule has 1 amide bonds. The van der Waals surface area contributed by atoms with E-state index in [0.717, 1.165) is 38.5 Å². The van der Waals surface area contributed by atoms with Crippen LogP contribution in [-0.4, -0.2) is 87.5 Å². The van der Waals surface area contributed by atoms with Crippen molar-refractivity contribution < 1.29 is 39.8 Å². The molecule has 0 radical (unpaired) electrons. The lowest BCUT2D eigenvalue weighted by atomic mass is 9.99. The van der Waals surface area contributed by atoms with Gasteiger partial charge in [-0.1, -0.05) is 232 Å². The summed E-state index contributed by atoms with van der Waals surface area (Å²) in [5.74, 6) is -0.139. The average Bonchev–Trinajstić information content (AvgIpc) is 3.22. The predicted octanol–water partition coefficient (Wildman–Crippen LogP) is 11.1. The summed E-state index contributed by atoms with van der Waals surface area (Å²) in [6.07, 6.45) is 38.3. The molecule has 1 rings (SSSR count). The van der Waals surface area contributed by atoms with E-state index in [1.54, 1.807) is 0 Å². The van der Waals surface area contributed by atoms with E-state index < -0.39 is 49.5 Å². The SMILES string of the molecule is CCCCCCCCCCCCCCCCCCCCCCCCC(=O)NC(COC1OC(CO)C(O)C(O)C1O)C(O)CCCCCCCCCCCCCCC. The van der Waals surface area contributed by atoms with Crippen molar-refractivity contribution in [2.45, 2.75) is 294 Å². The second-order valence-electron chi connectivity index (χ2n) is 18.0. The van der Waals surface area contributed by atoms with Crippen molar-refractivity contribution in [1.82, 2.24) is 5.32 Å². The van der Waals surface area contributed by atoms with Gasteiger partial charge in [-0.05, 0) is 12.8 Å². The monoisotopic (exact) mass is 828 g/mol. The van der Waals surface area contributed by atoms with Crippen molar-refractivity contribution in [3.8, 4) is 0 Å². The quantitative estimate of drug-likeness (QED) is 0.0333. The van der Waals surface area contributed by atoms with E-state index in [4.69, 9.17) is 9.47 Å². The summed E-state index contributed by atoms with van der Waals surface area (Å²) in [6, 6.07) is -0.711. The van der Waals surface area contributed by atoms with Crippen LogP contribution < -0.4 is 5.32 Å². The van der Waals surface area contributed by atoms with E-state index in [1.165, 1.54) is 186 Å². The van der Waals surface area contributed by atoms with Crippen LogP contribution >= 0.6 is 0 Å². The zero-order valence-corrected chi connectivity index (χ0v) is 38.1. The standard InChI is InChI=1S/C49H97NO8/c1-3-5-7-9-11-13-15-17-18-19-20-21-22-23-24-25-27-29-31-33-35-37-39-45(53)50-42(41-57-49-48(56)47(55)46(54)44(40-51)58-49)43(52)38-36-34-32-30-28-26-16-14-12-10-8-6-4-2/h42-44,46-49,51-52,54-56H,3-41H2,1-2H3,(H,50,53). The van der Waals surface area contributed by atoms with E-state index in [1.807, 2.05) is 0 Å². The number of nitrogens with one attached hydrogen (secondary N) is 1. The molecule has 0 aromatic heterocycles. The number of aliphatic hydroxyl groups is 5. The normalized spacial score (nSPS) is 20.7. The van der Waals surface area contributed by atoms with Crippen LogP contribution in [-0.2, 0) is 14.3 Å². The summed E-state index contributed by atoms with van der Waals surface area (Å²) in [4.78, 5) is 13.0. The predicted molar refractivity (Wildman–Crippen MR) is 240 cm³/mol. The molecule has 9 nitrogen and oxygen atoms in total. The first-order chi connectivity index (χ1) is 28.3. The fourth-order valence-corrected chi connectivity index (χ4v) is 8.40. The molecule has 0 aromatic rings. The van der Waals surface area contributed by atoms with E-state index >= 15 is 0 Å². The lowest BCUT2D eigenvalue weighted by Gasteiger charge is -2.40. The third-order valence-corrected chi connectivity index (χ3v) is 12.5. The highest BCUT2D eigenvalue weighted by Gasteiger charge is 2.44. The molecule has 58 heavy (non-hydrogen) atoms. The topological polar surface area (TPSA) is 149 Å². The minimum Gasteiger partial charge on any atom is -0.394 e. The first-order valence-corrected chi connectivity index (χ1v) is 25.2. The molecule has 0 spiro atoms. The van der Waals surface area contributed by atoms with Crippen LogP contribution in [0.1, 0.15) is 251 Å². The Morgan fingerprint density at radius 3 is 1.22 bits per heavy atom. The second-order valence-corrected chi connectivity index (χ2v) is 18.0. The molecule has 1 saturated heterocycles. The molecule has 6 N–H and O–H groups in total. The zero-order chi connectivity index (χ0) is 42.3. The third kappa shape index (κ3) is 30.3. The minimum atomic E-state index is -1.55. The Kier molecular flexibility index (Phi) is 38.3. The first kappa shape index (κ1) is 55.2. The maximum absolute atomic E-state index is 13.0. The molecule has 1 heterocycles. The summed E-state index contributed by atoms with van der Waals surface area (Å²) in [5.41, 5.74) is 0. The van der Waals surface area contributed by atoms with Gasteiger partial charge in [-0.15, -0.1) is 0 Å². The summed E-state index contributed by atoms with van der Waals surface area (Å²) in [5, 5.41) is 54.4. The van der Waals surface area contributed by atoms with E-state index in [9.17, 15) is 30.3 Å². The van der Waals surface area contributed by atoms with Gasteiger partial charge in [0.15, 0.2) is 6.29 Å². The molecule has 0 aliphatic carbocycles. The van der Waals surface area contributed by atoms with E-state index in [0.29, 0.717) is 12.8 Å². The van der Waals surface area contributed by atoms with Crippen LogP contribution in [0.5, 0.6) is 0 Å². The molecule has 7 atom stereocenters. The van der Waals surface area contributed by atoms with Crippen molar-refractivity contribution in [3.63, 3.8) is 0 Å². The Bertz CT molecular complexity index is 878. The van der Waals surface area contributed by atoms with Gasteiger partial charge < -0.3 is 40.3 Å². The van der Waals surface area contributed by atoms with Crippen LogP contribution in [0.2, 0.25) is 0 Å². The van der Waals surface area contributed by atoms with Crippen LogP contribution in [0.4, 0.5) is 0 Å². The van der Waals surface area contributed by atoms with Crippen molar-refractivity contribution in [2.75, 3.05) is 13.2 Å². The second kappa shape index (κ2) is 40.3. The number of hydrogen-bond donors (Lipinski definition) is 6. The number of ether oxygens (including phenoxy) is 2. The van der Waals surface area contributed by atoms with Crippen LogP contribution in [0.25, 0.3) is 0 Å². The number of rotatable bonds is 43. The maximum atomic E-state index is 13.0. The molecule has 346 valence electrons. The number of carbonyl (C=O) groups excluding carboxylic acids is 1. The Balaban J connectivity index is 2.22. The van der Waals surface area contributed by atoms with Crippen molar-refractivity contribution in [3.05, 3.63) is 0 Å². The van der Waals surface area contributed by atoms with Gasteiger partial charge in [-0.3, -0.25) is 4.79 Å². The highest BCUT2D eigenvalue weighted by atomic mass is 16.7. The number of carbonyl (C=O) groups is 1. The van der Waals surface area contributed by atoms with E-state index in [2.05, 4.69) is 19.2 Å². The molecule has 9 heteroatoms.